The fraction of sp³-hybridized carbons (Fsp3) is 0.312. The average Bonchev–Trinajstić information content (AvgIpc) is 2.54. The van der Waals surface area contributed by atoms with Gasteiger partial charge in [-0.15, -0.1) is 0 Å². The van der Waals surface area contributed by atoms with Gasteiger partial charge >= 0.3 is 0 Å². The number of aryl methyl sites for hydroxylation is 2. The van der Waals surface area contributed by atoms with Crippen LogP contribution in [0.5, 0.6) is 0 Å². The van der Waals surface area contributed by atoms with Crippen LogP contribution in [0.2, 0.25) is 5.02 Å². The first-order valence-corrected chi connectivity index (χ1v) is 8.63. The SMILES string of the molecule is CC(=O)/N=C(\C(F)=C/N(C)[S+]([O-])c1cc(C)c(Cl)cc1C)N(C)C=O. The zero-order valence-electron chi connectivity index (χ0n) is 14.5. The van der Waals surface area contributed by atoms with E-state index in [0.717, 1.165) is 27.9 Å². The standard InChI is InChI=1S/C16H19ClFN3O3S/c1-10-7-15(11(2)6-13(10)17)25(24)21(5)8-14(18)16(19-12(3)23)20(4)9-22/h6-9H,1-5H3/b14-8+,19-16+. The molecule has 0 spiro atoms. The Morgan fingerprint density at radius 2 is 1.92 bits per heavy atom. The number of halogens is 2. The Bertz CT molecular complexity index is 740. The Kier molecular flexibility index (Phi) is 7.60. The molecule has 2 amide bonds. The van der Waals surface area contributed by atoms with Crippen LogP contribution in [0.1, 0.15) is 18.1 Å². The van der Waals surface area contributed by atoms with E-state index in [1.807, 2.05) is 0 Å². The summed E-state index contributed by atoms with van der Waals surface area (Å²) in [6, 6.07) is 3.35. The number of carbonyl (C=O) groups excluding carboxylic acids is 2. The van der Waals surface area contributed by atoms with E-state index in [-0.39, 0.29) is 0 Å². The molecule has 9 heteroatoms. The lowest BCUT2D eigenvalue weighted by Gasteiger charge is -2.21. The van der Waals surface area contributed by atoms with Crippen molar-refractivity contribution >= 4 is 41.1 Å². The van der Waals surface area contributed by atoms with Gasteiger partial charge in [0, 0.05) is 30.6 Å². The van der Waals surface area contributed by atoms with Gasteiger partial charge in [-0.2, -0.15) is 9.30 Å². The molecule has 1 unspecified atom stereocenters. The molecule has 0 aliphatic carbocycles. The normalized spacial score (nSPS) is 13.4. The van der Waals surface area contributed by atoms with Crippen LogP contribution >= 0.6 is 11.6 Å². The van der Waals surface area contributed by atoms with E-state index in [2.05, 4.69) is 4.99 Å². The lowest BCUT2D eigenvalue weighted by molar-refractivity contribution is -0.115. The van der Waals surface area contributed by atoms with Crippen LogP contribution in [0.3, 0.4) is 0 Å². The molecule has 0 fully saturated rings. The Labute approximate surface area is 154 Å². The maximum atomic E-state index is 14.4. The van der Waals surface area contributed by atoms with Gasteiger partial charge in [-0.25, -0.2) is 4.39 Å². The van der Waals surface area contributed by atoms with Crippen LogP contribution in [0.4, 0.5) is 4.39 Å². The van der Waals surface area contributed by atoms with Crippen molar-refractivity contribution in [2.24, 2.45) is 4.99 Å². The van der Waals surface area contributed by atoms with Crippen molar-refractivity contribution in [2.45, 2.75) is 25.7 Å². The molecule has 0 N–H and O–H groups in total. The van der Waals surface area contributed by atoms with Crippen LogP contribution in [0, 0.1) is 13.8 Å². The largest absolute Gasteiger partial charge is 0.588 e. The van der Waals surface area contributed by atoms with Gasteiger partial charge in [0.05, 0.1) is 13.2 Å². The first kappa shape index (κ1) is 21.1. The second-order valence-electron chi connectivity index (χ2n) is 5.31. The van der Waals surface area contributed by atoms with Gasteiger partial charge in [-0.05, 0) is 25.5 Å². The molecular formula is C16H19ClFN3O3S. The molecule has 136 valence electrons. The Balaban J connectivity index is 3.19. The number of aliphatic imine (C=N–C) groups is 1. The number of hydrogen-bond acceptors (Lipinski definition) is 4. The summed E-state index contributed by atoms with van der Waals surface area (Å²) >= 11 is 4.31. The highest BCUT2D eigenvalue weighted by Gasteiger charge is 2.22. The number of nitrogens with zero attached hydrogens (tertiary/aromatic N) is 3. The molecule has 0 heterocycles. The summed E-state index contributed by atoms with van der Waals surface area (Å²) in [6.45, 7) is 4.65. The van der Waals surface area contributed by atoms with Crippen molar-refractivity contribution < 1.29 is 18.5 Å². The van der Waals surface area contributed by atoms with Crippen LogP contribution in [0.25, 0.3) is 0 Å². The van der Waals surface area contributed by atoms with E-state index in [1.165, 1.54) is 14.1 Å². The molecule has 0 bridgehead atoms. The Morgan fingerprint density at radius 3 is 2.44 bits per heavy atom. The third-order valence-corrected chi connectivity index (χ3v) is 5.02. The van der Waals surface area contributed by atoms with Crippen molar-refractivity contribution in [3.63, 3.8) is 0 Å². The number of likely N-dealkylation sites (N-methyl/N-ethyl adjacent to an activating group) is 1. The monoisotopic (exact) mass is 387 g/mol. The van der Waals surface area contributed by atoms with Crippen molar-refractivity contribution in [1.82, 2.24) is 9.21 Å². The van der Waals surface area contributed by atoms with E-state index in [4.69, 9.17) is 11.6 Å². The van der Waals surface area contributed by atoms with Crippen molar-refractivity contribution in [3.8, 4) is 0 Å². The highest BCUT2D eigenvalue weighted by Crippen LogP contribution is 2.26. The molecule has 0 saturated carbocycles. The Morgan fingerprint density at radius 1 is 1.32 bits per heavy atom. The quantitative estimate of drug-likeness (QED) is 0.337. The van der Waals surface area contributed by atoms with Crippen molar-refractivity contribution in [1.29, 1.82) is 0 Å². The van der Waals surface area contributed by atoms with E-state index >= 15 is 0 Å². The van der Waals surface area contributed by atoms with E-state index in [9.17, 15) is 18.5 Å². The third kappa shape index (κ3) is 5.55. The fourth-order valence-corrected chi connectivity index (χ4v) is 3.19. The minimum Gasteiger partial charge on any atom is -0.588 e. The summed E-state index contributed by atoms with van der Waals surface area (Å²) in [6.07, 6.45) is 1.24. The molecule has 1 atom stereocenters. The summed E-state index contributed by atoms with van der Waals surface area (Å²) in [7, 11) is 2.66. The highest BCUT2D eigenvalue weighted by molar-refractivity contribution is 7.89. The smallest absolute Gasteiger partial charge is 0.244 e. The lowest BCUT2D eigenvalue weighted by Crippen LogP contribution is -2.29. The molecule has 1 rings (SSSR count). The number of hydrogen-bond donors (Lipinski definition) is 0. The molecule has 0 aromatic heterocycles. The lowest BCUT2D eigenvalue weighted by atomic mass is 10.2. The van der Waals surface area contributed by atoms with Crippen LogP contribution < -0.4 is 0 Å². The fourth-order valence-electron chi connectivity index (χ4n) is 1.86. The van der Waals surface area contributed by atoms with Gasteiger partial charge in [0.25, 0.3) is 0 Å². The zero-order chi connectivity index (χ0) is 19.3. The van der Waals surface area contributed by atoms with Gasteiger partial charge in [0.1, 0.15) is 11.4 Å². The van der Waals surface area contributed by atoms with Crippen LogP contribution in [0.15, 0.2) is 34.0 Å². The molecule has 1 aromatic rings. The summed E-state index contributed by atoms with van der Waals surface area (Å²) in [4.78, 5) is 26.7. The van der Waals surface area contributed by atoms with Gasteiger partial charge in [-0.3, -0.25) is 14.5 Å². The molecule has 0 radical (unpaired) electrons. The average molecular weight is 388 g/mol. The zero-order valence-corrected chi connectivity index (χ0v) is 16.1. The molecule has 0 aliphatic rings. The topological polar surface area (TPSA) is 76.0 Å². The van der Waals surface area contributed by atoms with Gasteiger partial charge < -0.3 is 4.55 Å². The summed E-state index contributed by atoms with van der Waals surface area (Å²) in [5.74, 6) is -2.10. The molecule has 0 saturated heterocycles. The summed E-state index contributed by atoms with van der Waals surface area (Å²) in [5.41, 5.74) is 1.44. The van der Waals surface area contributed by atoms with Crippen molar-refractivity contribution in [2.75, 3.05) is 14.1 Å². The molecule has 6 nitrogen and oxygen atoms in total. The summed E-state index contributed by atoms with van der Waals surface area (Å²) in [5, 5.41) is 0.547. The predicted molar refractivity (Wildman–Crippen MR) is 96.2 cm³/mol. The van der Waals surface area contributed by atoms with E-state index in [1.54, 1.807) is 26.0 Å². The number of rotatable bonds is 5. The first-order valence-electron chi connectivity index (χ1n) is 7.15. The predicted octanol–water partition coefficient (Wildman–Crippen LogP) is 2.76. The second-order valence-corrected chi connectivity index (χ2v) is 7.23. The first-order chi connectivity index (χ1) is 11.6. The Hall–Kier alpha value is -1.90. The highest BCUT2D eigenvalue weighted by atomic mass is 35.5. The maximum Gasteiger partial charge on any atom is 0.244 e. The number of amidine groups is 1. The number of benzene rings is 1. The van der Waals surface area contributed by atoms with Crippen LogP contribution in [-0.4, -0.2) is 46.0 Å². The minimum absolute atomic E-state index is 0.318. The van der Waals surface area contributed by atoms with Gasteiger partial charge in [0.2, 0.25) is 12.3 Å². The summed E-state index contributed by atoms with van der Waals surface area (Å²) < 4.78 is 28.2. The van der Waals surface area contributed by atoms with E-state index < -0.39 is 28.9 Å². The maximum absolute atomic E-state index is 14.4. The second kappa shape index (κ2) is 8.98. The molecule has 25 heavy (non-hydrogen) atoms. The number of carbonyl (C=O) groups is 2. The number of amides is 2. The van der Waals surface area contributed by atoms with Crippen LogP contribution in [-0.2, 0) is 21.0 Å². The molecule has 1 aromatic carbocycles. The van der Waals surface area contributed by atoms with Gasteiger partial charge in [0.15, 0.2) is 16.6 Å². The molecule has 0 aliphatic heterocycles. The minimum atomic E-state index is -1.71. The van der Waals surface area contributed by atoms with E-state index in [0.29, 0.717) is 21.9 Å². The molecular weight excluding hydrogens is 369 g/mol. The van der Waals surface area contributed by atoms with Crippen molar-refractivity contribution in [3.05, 3.63) is 40.3 Å². The third-order valence-electron chi connectivity index (χ3n) is 3.17. The van der Waals surface area contributed by atoms with Gasteiger partial charge in [-0.1, -0.05) is 11.6 Å².